The van der Waals surface area contributed by atoms with Gasteiger partial charge in [0, 0.05) is 13.2 Å². The summed E-state index contributed by atoms with van der Waals surface area (Å²) in [6, 6.07) is 0.432. The Bertz CT molecular complexity index is 274. The van der Waals surface area contributed by atoms with Gasteiger partial charge in [-0.2, -0.15) is 0 Å². The Kier molecular flexibility index (Phi) is 9.80. The number of ether oxygens (including phenoxy) is 1. The lowest BCUT2D eigenvalue weighted by molar-refractivity contribution is -0.124. The van der Waals surface area contributed by atoms with Crippen LogP contribution in [0.3, 0.4) is 0 Å². The maximum absolute atomic E-state index is 11.5. The highest BCUT2D eigenvalue weighted by Crippen LogP contribution is 2.14. The van der Waals surface area contributed by atoms with Crippen molar-refractivity contribution in [1.29, 1.82) is 0 Å². The topological polar surface area (TPSA) is 67.6 Å². The third-order valence-electron chi connectivity index (χ3n) is 3.92. The van der Waals surface area contributed by atoms with Gasteiger partial charge in [0.15, 0.2) is 0 Å². The summed E-state index contributed by atoms with van der Waals surface area (Å²) >= 11 is 0. The standard InChI is InChI=1S/C15H33N3O2/c1-6-17-15(4,14(16)19)10-8-9-11-18(7-2)13(3)12-20-5/h13,17H,6-12H2,1-5H3,(H2,16,19). The number of hydrogen-bond donors (Lipinski definition) is 2. The fourth-order valence-electron chi connectivity index (χ4n) is 2.52. The largest absolute Gasteiger partial charge is 0.383 e. The van der Waals surface area contributed by atoms with Gasteiger partial charge in [0.1, 0.15) is 0 Å². The molecule has 0 spiro atoms. The number of nitrogens with zero attached hydrogens (tertiary/aromatic N) is 1. The summed E-state index contributed by atoms with van der Waals surface area (Å²) in [5.74, 6) is -0.264. The van der Waals surface area contributed by atoms with Crippen molar-refractivity contribution in [2.24, 2.45) is 5.73 Å². The van der Waals surface area contributed by atoms with Crippen molar-refractivity contribution in [2.45, 2.75) is 58.5 Å². The van der Waals surface area contributed by atoms with Crippen LogP contribution in [0.1, 0.15) is 47.0 Å². The Labute approximate surface area is 124 Å². The van der Waals surface area contributed by atoms with Gasteiger partial charge in [-0.15, -0.1) is 0 Å². The van der Waals surface area contributed by atoms with Crippen LogP contribution in [0.5, 0.6) is 0 Å². The maximum atomic E-state index is 11.5. The number of nitrogens with two attached hydrogens (primary N) is 1. The molecular weight excluding hydrogens is 254 g/mol. The number of rotatable bonds is 12. The minimum atomic E-state index is -0.579. The molecule has 0 heterocycles. The van der Waals surface area contributed by atoms with Crippen molar-refractivity contribution >= 4 is 5.91 Å². The Hall–Kier alpha value is -0.650. The number of nitrogens with one attached hydrogen (secondary N) is 1. The summed E-state index contributed by atoms with van der Waals surface area (Å²) in [5.41, 5.74) is 4.91. The molecule has 20 heavy (non-hydrogen) atoms. The van der Waals surface area contributed by atoms with Crippen molar-refractivity contribution in [3.8, 4) is 0 Å². The lowest BCUT2D eigenvalue weighted by Gasteiger charge is -2.29. The molecule has 120 valence electrons. The van der Waals surface area contributed by atoms with Crippen LogP contribution in [0, 0.1) is 0 Å². The van der Waals surface area contributed by atoms with E-state index in [1.807, 2.05) is 13.8 Å². The molecule has 1 amide bonds. The SMILES string of the molecule is CCNC(C)(CCCCN(CC)C(C)COC)C(N)=O. The molecule has 2 unspecified atom stereocenters. The first-order chi connectivity index (χ1) is 9.41. The monoisotopic (exact) mass is 287 g/mol. The minimum Gasteiger partial charge on any atom is -0.383 e. The summed E-state index contributed by atoms with van der Waals surface area (Å²) in [7, 11) is 1.74. The van der Waals surface area contributed by atoms with Crippen LogP contribution in [-0.4, -0.2) is 55.7 Å². The van der Waals surface area contributed by atoms with Crippen LogP contribution in [0.4, 0.5) is 0 Å². The molecule has 0 rings (SSSR count). The van der Waals surface area contributed by atoms with E-state index >= 15 is 0 Å². The van der Waals surface area contributed by atoms with Crippen molar-refractivity contribution in [1.82, 2.24) is 10.2 Å². The van der Waals surface area contributed by atoms with Crippen LogP contribution in [0.2, 0.25) is 0 Å². The van der Waals surface area contributed by atoms with E-state index < -0.39 is 5.54 Å². The van der Waals surface area contributed by atoms with E-state index in [2.05, 4.69) is 24.1 Å². The number of carbonyl (C=O) groups excluding carboxylic acids is 1. The third kappa shape index (κ3) is 6.68. The van der Waals surface area contributed by atoms with E-state index in [0.29, 0.717) is 6.04 Å². The van der Waals surface area contributed by atoms with Gasteiger partial charge in [-0.25, -0.2) is 0 Å². The number of methoxy groups -OCH3 is 1. The number of hydrogen-bond acceptors (Lipinski definition) is 4. The predicted octanol–water partition coefficient (Wildman–Crippen LogP) is 1.37. The van der Waals surface area contributed by atoms with E-state index in [0.717, 1.165) is 45.5 Å². The summed E-state index contributed by atoms with van der Waals surface area (Å²) in [6.45, 7) is 11.8. The lowest BCUT2D eigenvalue weighted by atomic mass is 9.94. The highest BCUT2D eigenvalue weighted by Gasteiger charge is 2.29. The smallest absolute Gasteiger partial charge is 0.237 e. The quantitative estimate of drug-likeness (QED) is 0.532. The van der Waals surface area contributed by atoms with E-state index in [9.17, 15) is 4.79 Å². The minimum absolute atomic E-state index is 0.264. The molecule has 0 bridgehead atoms. The highest BCUT2D eigenvalue weighted by molar-refractivity contribution is 5.84. The number of amides is 1. The Morgan fingerprint density at radius 2 is 2.05 bits per heavy atom. The van der Waals surface area contributed by atoms with Gasteiger partial charge < -0.3 is 15.8 Å². The van der Waals surface area contributed by atoms with Gasteiger partial charge in [0.25, 0.3) is 0 Å². The molecule has 0 aromatic carbocycles. The van der Waals surface area contributed by atoms with Crippen LogP contribution in [0.25, 0.3) is 0 Å². The van der Waals surface area contributed by atoms with E-state index in [4.69, 9.17) is 10.5 Å². The Morgan fingerprint density at radius 1 is 1.40 bits per heavy atom. The molecule has 0 aliphatic carbocycles. The average Bonchev–Trinajstić information content (AvgIpc) is 2.39. The average molecular weight is 287 g/mol. The van der Waals surface area contributed by atoms with Crippen LogP contribution in [-0.2, 0) is 9.53 Å². The number of likely N-dealkylation sites (N-methyl/N-ethyl adjacent to an activating group) is 2. The molecule has 5 heteroatoms. The van der Waals surface area contributed by atoms with Crippen LogP contribution in [0.15, 0.2) is 0 Å². The van der Waals surface area contributed by atoms with E-state index in [1.165, 1.54) is 0 Å². The van der Waals surface area contributed by atoms with Crippen molar-refractivity contribution in [3.63, 3.8) is 0 Å². The number of carbonyl (C=O) groups is 1. The molecule has 0 saturated heterocycles. The predicted molar refractivity (Wildman–Crippen MR) is 83.7 cm³/mol. The molecule has 0 aliphatic heterocycles. The maximum Gasteiger partial charge on any atom is 0.237 e. The first kappa shape index (κ1) is 19.4. The second kappa shape index (κ2) is 10.1. The normalized spacial score (nSPS) is 16.1. The second-order valence-corrected chi connectivity index (χ2v) is 5.62. The van der Waals surface area contributed by atoms with Gasteiger partial charge in [0.05, 0.1) is 12.1 Å². The first-order valence-corrected chi connectivity index (χ1v) is 7.69. The fraction of sp³-hybridized carbons (Fsp3) is 0.933. The summed E-state index contributed by atoms with van der Waals surface area (Å²) in [6.07, 6.45) is 2.84. The third-order valence-corrected chi connectivity index (χ3v) is 3.92. The zero-order valence-corrected chi connectivity index (χ0v) is 13.9. The van der Waals surface area contributed by atoms with E-state index in [-0.39, 0.29) is 5.91 Å². The molecule has 0 aromatic rings. The molecule has 2 atom stereocenters. The summed E-state index contributed by atoms with van der Waals surface area (Å²) < 4.78 is 5.20. The summed E-state index contributed by atoms with van der Waals surface area (Å²) in [5, 5.41) is 3.20. The van der Waals surface area contributed by atoms with Gasteiger partial charge in [-0.05, 0) is 52.7 Å². The molecule has 0 aromatic heterocycles. The highest BCUT2D eigenvalue weighted by atomic mass is 16.5. The molecule has 0 fully saturated rings. The van der Waals surface area contributed by atoms with Crippen molar-refractivity contribution < 1.29 is 9.53 Å². The van der Waals surface area contributed by atoms with Crippen molar-refractivity contribution in [2.75, 3.05) is 33.4 Å². The molecule has 3 N–H and O–H groups in total. The van der Waals surface area contributed by atoms with Gasteiger partial charge in [-0.1, -0.05) is 13.8 Å². The van der Waals surface area contributed by atoms with Crippen LogP contribution >= 0.6 is 0 Å². The van der Waals surface area contributed by atoms with Gasteiger partial charge in [-0.3, -0.25) is 9.69 Å². The molecule has 0 aliphatic rings. The molecule has 0 saturated carbocycles. The van der Waals surface area contributed by atoms with Crippen LogP contribution < -0.4 is 11.1 Å². The van der Waals surface area contributed by atoms with Crippen molar-refractivity contribution in [3.05, 3.63) is 0 Å². The zero-order chi connectivity index (χ0) is 15.6. The fourth-order valence-corrected chi connectivity index (χ4v) is 2.52. The van der Waals surface area contributed by atoms with Gasteiger partial charge in [0.2, 0.25) is 5.91 Å². The van der Waals surface area contributed by atoms with E-state index in [1.54, 1.807) is 7.11 Å². The zero-order valence-electron chi connectivity index (χ0n) is 13.9. The second-order valence-electron chi connectivity index (χ2n) is 5.62. The Balaban J connectivity index is 4.12. The molecule has 0 radical (unpaired) electrons. The molecule has 5 nitrogen and oxygen atoms in total. The number of unbranched alkanes of at least 4 members (excludes halogenated alkanes) is 1. The summed E-state index contributed by atoms with van der Waals surface area (Å²) in [4.78, 5) is 13.9. The number of primary amides is 1. The first-order valence-electron chi connectivity index (χ1n) is 7.69. The lowest BCUT2D eigenvalue weighted by Crippen LogP contribution is -2.53. The Morgan fingerprint density at radius 3 is 2.50 bits per heavy atom. The van der Waals surface area contributed by atoms with Gasteiger partial charge >= 0.3 is 0 Å². The molecular formula is C15H33N3O2.